The van der Waals surface area contributed by atoms with Gasteiger partial charge < -0.3 is 5.32 Å². The first-order chi connectivity index (χ1) is 8.33. The molecule has 0 spiro atoms. The number of nitrogens with zero attached hydrogens (tertiary/aromatic N) is 3. The molecular formula is C9H7F3N4O2. The Hall–Kier alpha value is -2.37. The Morgan fingerprint density at radius 1 is 1.56 bits per heavy atom. The minimum Gasteiger partial charge on any atom is -0.369 e. The van der Waals surface area contributed by atoms with Gasteiger partial charge in [-0.15, -0.1) is 0 Å². The molecular weight excluding hydrogens is 253 g/mol. The minimum atomic E-state index is -4.32. The normalized spacial score (nSPS) is 10.8. The molecule has 0 aromatic carbocycles. The van der Waals surface area contributed by atoms with Gasteiger partial charge in [0, 0.05) is 12.6 Å². The van der Waals surface area contributed by atoms with Gasteiger partial charge in [-0.2, -0.15) is 18.4 Å². The Morgan fingerprint density at radius 3 is 2.72 bits per heavy atom. The lowest BCUT2D eigenvalue weighted by molar-refractivity contribution is -0.385. The lowest BCUT2D eigenvalue weighted by Crippen LogP contribution is -2.15. The van der Waals surface area contributed by atoms with Crippen LogP contribution in [-0.2, 0) is 0 Å². The fraction of sp³-hybridized carbons (Fsp3) is 0.333. The Labute approximate surface area is 99.2 Å². The van der Waals surface area contributed by atoms with E-state index in [-0.39, 0.29) is 11.4 Å². The molecule has 1 aromatic heterocycles. The maximum absolute atomic E-state index is 11.9. The first kappa shape index (κ1) is 13.7. The van der Waals surface area contributed by atoms with E-state index in [0.717, 1.165) is 12.3 Å². The molecule has 9 heteroatoms. The van der Waals surface area contributed by atoms with E-state index in [1.165, 1.54) is 0 Å². The molecule has 96 valence electrons. The van der Waals surface area contributed by atoms with Gasteiger partial charge in [0.15, 0.2) is 0 Å². The summed E-state index contributed by atoms with van der Waals surface area (Å²) < 4.78 is 35.7. The van der Waals surface area contributed by atoms with Gasteiger partial charge in [-0.25, -0.2) is 4.98 Å². The third-order valence-electron chi connectivity index (χ3n) is 1.91. The SMILES string of the molecule is N#Cc1cc([N+](=O)[O-])cnc1NCCC(F)(F)F. The number of hydrogen-bond acceptors (Lipinski definition) is 5. The van der Waals surface area contributed by atoms with E-state index in [2.05, 4.69) is 10.3 Å². The van der Waals surface area contributed by atoms with Crippen molar-refractivity contribution in [1.29, 1.82) is 5.26 Å². The molecule has 0 aliphatic heterocycles. The zero-order valence-electron chi connectivity index (χ0n) is 8.86. The Bertz CT molecular complexity index is 496. The van der Waals surface area contributed by atoms with Crippen LogP contribution >= 0.6 is 0 Å². The second-order valence-corrected chi connectivity index (χ2v) is 3.25. The molecule has 1 aromatic rings. The van der Waals surface area contributed by atoms with Gasteiger partial charge in [-0.3, -0.25) is 10.1 Å². The van der Waals surface area contributed by atoms with Crippen molar-refractivity contribution in [2.24, 2.45) is 0 Å². The van der Waals surface area contributed by atoms with Crippen molar-refractivity contribution in [2.75, 3.05) is 11.9 Å². The third-order valence-corrected chi connectivity index (χ3v) is 1.91. The maximum Gasteiger partial charge on any atom is 0.390 e. The summed E-state index contributed by atoms with van der Waals surface area (Å²) in [6.07, 6.45) is -4.53. The predicted octanol–water partition coefficient (Wildman–Crippen LogP) is 2.23. The number of aromatic nitrogens is 1. The van der Waals surface area contributed by atoms with Crippen LogP contribution in [-0.4, -0.2) is 22.6 Å². The Kier molecular flexibility index (Phi) is 4.04. The minimum absolute atomic E-state index is 0.104. The quantitative estimate of drug-likeness (QED) is 0.661. The van der Waals surface area contributed by atoms with Crippen LogP contribution in [0.2, 0.25) is 0 Å². The lowest BCUT2D eigenvalue weighted by Gasteiger charge is -2.08. The molecule has 0 fully saturated rings. The third kappa shape index (κ3) is 3.89. The molecule has 0 saturated heterocycles. The van der Waals surface area contributed by atoms with Gasteiger partial charge in [-0.05, 0) is 0 Å². The molecule has 0 amide bonds. The number of nitrogens with one attached hydrogen (secondary N) is 1. The smallest absolute Gasteiger partial charge is 0.369 e. The largest absolute Gasteiger partial charge is 0.390 e. The molecule has 0 atom stereocenters. The summed E-state index contributed by atoms with van der Waals surface area (Å²) in [7, 11) is 0. The number of nitriles is 1. The van der Waals surface area contributed by atoms with Crippen molar-refractivity contribution in [3.05, 3.63) is 27.9 Å². The van der Waals surface area contributed by atoms with Crippen LogP contribution in [0.15, 0.2) is 12.3 Å². The number of halogens is 3. The zero-order valence-corrected chi connectivity index (χ0v) is 8.86. The van der Waals surface area contributed by atoms with Crippen LogP contribution in [0.1, 0.15) is 12.0 Å². The molecule has 1 heterocycles. The first-order valence-corrected chi connectivity index (χ1v) is 4.68. The van der Waals surface area contributed by atoms with Crippen molar-refractivity contribution in [2.45, 2.75) is 12.6 Å². The van der Waals surface area contributed by atoms with Crippen molar-refractivity contribution in [3.63, 3.8) is 0 Å². The zero-order chi connectivity index (χ0) is 13.8. The second-order valence-electron chi connectivity index (χ2n) is 3.25. The highest BCUT2D eigenvalue weighted by molar-refractivity contribution is 5.55. The van der Waals surface area contributed by atoms with Gasteiger partial charge in [0.1, 0.15) is 23.6 Å². The first-order valence-electron chi connectivity index (χ1n) is 4.68. The molecule has 0 saturated carbocycles. The monoisotopic (exact) mass is 260 g/mol. The molecule has 6 nitrogen and oxygen atoms in total. The van der Waals surface area contributed by atoms with Crippen LogP contribution in [0.25, 0.3) is 0 Å². The summed E-state index contributed by atoms with van der Waals surface area (Å²) in [6, 6.07) is 2.58. The summed E-state index contributed by atoms with van der Waals surface area (Å²) in [4.78, 5) is 13.2. The van der Waals surface area contributed by atoms with Crippen molar-refractivity contribution < 1.29 is 18.1 Å². The Balaban J connectivity index is 2.78. The molecule has 1 N–H and O–H groups in total. The van der Waals surface area contributed by atoms with E-state index >= 15 is 0 Å². The van der Waals surface area contributed by atoms with Crippen LogP contribution < -0.4 is 5.32 Å². The highest BCUT2D eigenvalue weighted by Gasteiger charge is 2.26. The molecule has 0 aliphatic rings. The molecule has 0 aliphatic carbocycles. The van der Waals surface area contributed by atoms with Crippen LogP contribution in [0.5, 0.6) is 0 Å². The van der Waals surface area contributed by atoms with E-state index in [1.54, 1.807) is 6.07 Å². The van der Waals surface area contributed by atoms with Crippen molar-refractivity contribution in [3.8, 4) is 6.07 Å². The van der Waals surface area contributed by atoms with Gasteiger partial charge >= 0.3 is 6.18 Å². The van der Waals surface area contributed by atoms with Crippen LogP contribution in [0, 0.1) is 21.4 Å². The average molecular weight is 260 g/mol. The van der Waals surface area contributed by atoms with Gasteiger partial charge in [0.05, 0.1) is 11.3 Å². The average Bonchev–Trinajstić information content (AvgIpc) is 2.27. The molecule has 0 bridgehead atoms. The molecule has 1 rings (SSSR count). The fourth-order valence-corrected chi connectivity index (χ4v) is 1.10. The number of hydrogen-bond donors (Lipinski definition) is 1. The van der Waals surface area contributed by atoms with Crippen LogP contribution in [0.3, 0.4) is 0 Å². The van der Waals surface area contributed by atoms with E-state index in [0.29, 0.717) is 0 Å². The highest BCUT2D eigenvalue weighted by Crippen LogP contribution is 2.21. The summed E-state index contributed by atoms with van der Waals surface area (Å²) in [5.74, 6) is -0.104. The topological polar surface area (TPSA) is 91.8 Å². The summed E-state index contributed by atoms with van der Waals surface area (Å²) in [5.41, 5.74) is -0.570. The van der Waals surface area contributed by atoms with E-state index in [4.69, 9.17) is 5.26 Å². The number of anilines is 1. The maximum atomic E-state index is 11.9. The fourth-order valence-electron chi connectivity index (χ4n) is 1.10. The van der Waals surface area contributed by atoms with Gasteiger partial charge in [0.25, 0.3) is 5.69 Å². The van der Waals surface area contributed by atoms with Gasteiger partial charge in [0.2, 0.25) is 0 Å². The standard InChI is InChI=1S/C9H7F3N4O2/c10-9(11,12)1-2-14-8-6(4-13)3-7(5-15-8)16(17)18/h3,5H,1-2H2,(H,14,15). The van der Waals surface area contributed by atoms with Gasteiger partial charge in [-0.1, -0.05) is 0 Å². The highest BCUT2D eigenvalue weighted by atomic mass is 19.4. The van der Waals surface area contributed by atoms with E-state index in [1.807, 2.05) is 0 Å². The summed E-state index contributed by atoms with van der Waals surface area (Å²) >= 11 is 0. The lowest BCUT2D eigenvalue weighted by atomic mass is 10.2. The number of rotatable bonds is 4. The second kappa shape index (κ2) is 5.31. The summed E-state index contributed by atoms with van der Waals surface area (Å²) in [5, 5.41) is 21.4. The van der Waals surface area contributed by atoms with E-state index < -0.39 is 29.8 Å². The molecule has 18 heavy (non-hydrogen) atoms. The van der Waals surface area contributed by atoms with E-state index in [9.17, 15) is 23.3 Å². The van der Waals surface area contributed by atoms with Crippen LogP contribution in [0.4, 0.5) is 24.7 Å². The van der Waals surface area contributed by atoms with Crippen molar-refractivity contribution in [1.82, 2.24) is 4.98 Å². The number of nitro groups is 1. The predicted molar refractivity (Wildman–Crippen MR) is 54.8 cm³/mol. The summed E-state index contributed by atoms with van der Waals surface area (Å²) in [6.45, 7) is -0.455. The molecule has 0 radical (unpaired) electrons. The number of pyridine rings is 1. The Morgan fingerprint density at radius 2 is 2.22 bits per heavy atom. The van der Waals surface area contributed by atoms with Crippen molar-refractivity contribution >= 4 is 11.5 Å². The number of alkyl halides is 3. The molecule has 0 unspecified atom stereocenters.